The Kier molecular flexibility index (Phi) is 2.92. The smallest absolute Gasteiger partial charge is 0.182 e. The Morgan fingerprint density at radius 2 is 2.05 bits per heavy atom. The molecule has 0 unspecified atom stereocenters. The topological polar surface area (TPSA) is 20.7 Å². The summed E-state index contributed by atoms with van der Waals surface area (Å²) < 4.78 is 15.5. The van der Waals surface area contributed by atoms with Crippen LogP contribution in [0.2, 0.25) is 5.02 Å². The van der Waals surface area contributed by atoms with Gasteiger partial charge >= 0.3 is 0 Å². The van der Waals surface area contributed by atoms with Gasteiger partial charge in [0, 0.05) is 0 Å². The van der Waals surface area contributed by atoms with Gasteiger partial charge in [-0.3, -0.25) is 4.57 Å². The Labute approximate surface area is 119 Å². The fourth-order valence-corrected chi connectivity index (χ4v) is 2.73. The standard InChI is InChI=1S/C14H10ClFN2S/c1-8-3-2-4-12-13(8)17-14(19)18(12)11-6-5-9(16)7-10(11)15/h2-7H,1H3,(H,17,19). The Hall–Kier alpha value is -1.65. The van der Waals surface area contributed by atoms with E-state index in [-0.39, 0.29) is 5.82 Å². The summed E-state index contributed by atoms with van der Waals surface area (Å²) in [6, 6.07) is 10.2. The molecule has 0 aliphatic heterocycles. The summed E-state index contributed by atoms with van der Waals surface area (Å²) in [5.74, 6) is -0.365. The largest absolute Gasteiger partial charge is 0.330 e. The number of rotatable bonds is 1. The maximum atomic E-state index is 13.1. The molecule has 0 bridgehead atoms. The lowest BCUT2D eigenvalue weighted by Crippen LogP contribution is -1.95. The van der Waals surface area contributed by atoms with E-state index in [1.807, 2.05) is 29.7 Å². The zero-order valence-corrected chi connectivity index (χ0v) is 11.6. The Morgan fingerprint density at radius 1 is 1.26 bits per heavy atom. The minimum absolute atomic E-state index is 0.332. The number of hydrogen-bond acceptors (Lipinski definition) is 1. The van der Waals surface area contributed by atoms with Gasteiger partial charge < -0.3 is 4.98 Å². The molecule has 1 N–H and O–H groups in total. The van der Waals surface area contributed by atoms with Gasteiger partial charge in [-0.1, -0.05) is 23.7 Å². The minimum Gasteiger partial charge on any atom is -0.330 e. The van der Waals surface area contributed by atoms with Crippen LogP contribution in [0.3, 0.4) is 0 Å². The zero-order chi connectivity index (χ0) is 13.6. The molecule has 0 saturated carbocycles. The summed E-state index contributed by atoms with van der Waals surface area (Å²) in [7, 11) is 0. The summed E-state index contributed by atoms with van der Waals surface area (Å²) in [6.45, 7) is 2.00. The van der Waals surface area contributed by atoms with Crippen LogP contribution in [0.15, 0.2) is 36.4 Å². The van der Waals surface area contributed by atoms with Crippen molar-refractivity contribution in [1.29, 1.82) is 0 Å². The van der Waals surface area contributed by atoms with E-state index >= 15 is 0 Å². The average molecular weight is 293 g/mol. The van der Waals surface area contributed by atoms with E-state index in [0.717, 1.165) is 16.6 Å². The first-order valence-electron chi connectivity index (χ1n) is 5.73. The van der Waals surface area contributed by atoms with Crippen molar-refractivity contribution in [2.45, 2.75) is 6.92 Å². The normalized spacial score (nSPS) is 11.1. The maximum absolute atomic E-state index is 13.1. The molecule has 1 heterocycles. The molecule has 3 rings (SSSR count). The molecule has 0 aliphatic carbocycles. The number of imidazole rings is 1. The number of aromatic amines is 1. The third kappa shape index (κ3) is 1.97. The van der Waals surface area contributed by atoms with Crippen LogP contribution in [0.5, 0.6) is 0 Å². The first kappa shape index (κ1) is 12.4. The van der Waals surface area contributed by atoms with E-state index < -0.39 is 0 Å². The zero-order valence-electron chi connectivity index (χ0n) is 10.1. The highest BCUT2D eigenvalue weighted by Crippen LogP contribution is 2.27. The van der Waals surface area contributed by atoms with Crippen molar-refractivity contribution in [3.05, 3.63) is 57.6 Å². The molecule has 5 heteroatoms. The molecule has 96 valence electrons. The van der Waals surface area contributed by atoms with Gasteiger partial charge in [0.1, 0.15) is 5.82 Å². The number of fused-ring (bicyclic) bond motifs is 1. The van der Waals surface area contributed by atoms with Crippen molar-refractivity contribution >= 4 is 34.9 Å². The van der Waals surface area contributed by atoms with Gasteiger partial charge in [0.25, 0.3) is 0 Å². The van der Waals surface area contributed by atoms with E-state index in [1.54, 1.807) is 6.07 Å². The van der Waals surface area contributed by atoms with Crippen molar-refractivity contribution < 1.29 is 4.39 Å². The highest BCUT2D eigenvalue weighted by molar-refractivity contribution is 7.71. The van der Waals surface area contributed by atoms with E-state index in [2.05, 4.69) is 4.98 Å². The van der Waals surface area contributed by atoms with Gasteiger partial charge in [-0.25, -0.2) is 4.39 Å². The average Bonchev–Trinajstić information content (AvgIpc) is 2.68. The molecule has 1 aromatic heterocycles. The van der Waals surface area contributed by atoms with Crippen LogP contribution in [0.25, 0.3) is 16.7 Å². The van der Waals surface area contributed by atoms with Crippen molar-refractivity contribution in [2.24, 2.45) is 0 Å². The molecule has 0 aliphatic rings. The first-order valence-corrected chi connectivity index (χ1v) is 6.52. The Bertz CT molecular complexity index is 835. The molecular formula is C14H10ClFN2S. The predicted octanol–water partition coefficient (Wildman–Crippen LogP) is 4.79. The predicted molar refractivity (Wildman–Crippen MR) is 78.2 cm³/mol. The monoisotopic (exact) mass is 292 g/mol. The number of H-pyrrole nitrogens is 1. The van der Waals surface area contributed by atoms with Crippen LogP contribution in [0, 0.1) is 17.5 Å². The van der Waals surface area contributed by atoms with Crippen molar-refractivity contribution in [3.63, 3.8) is 0 Å². The summed E-state index contributed by atoms with van der Waals surface area (Å²) in [4.78, 5) is 3.16. The summed E-state index contributed by atoms with van der Waals surface area (Å²) in [6.07, 6.45) is 0. The highest BCUT2D eigenvalue weighted by atomic mass is 35.5. The molecule has 0 amide bonds. The van der Waals surface area contributed by atoms with Crippen LogP contribution in [-0.2, 0) is 0 Å². The Balaban J connectivity index is 2.40. The number of aromatic nitrogens is 2. The molecular weight excluding hydrogens is 283 g/mol. The van der Waals surface area contributed by atoms with Crippen LogP contribution >= 0.6 is 23.8 Å². The number of hydrogen-bond donors (Lipinski definition) is 1. The van der Waals surface area contributed by atoms with Crippen molar-refractivity contribution in [2.75, 3.05) is 0 Å². The summed E-state index contributed by atoms with van der Waals surface area (Å²) in [5, 5.41) is 0.332. The second kappa shape index (κ2) is 4.47. The first-order chi connectivity index (χ1) is 9.08. The van der Waals surface area contributed by atoms with Crippen LogP contribution in [0.1, 0.15) is 5.56 Å². The molecule has 0 atom stereocenters. The highest BCUT2D eigenvalue weighted by Gasteiger charge is 2.11. The lowest BCUT2D eigenvalue weighted by Gasteiger charge is -2.07. The quantitative estimate of drug-likeness (QED) is 0.640. The van der Waals surface area contributed by atoms with E-state index in [4.69, 9.17) is 23.8 Å². The molecule has 0 radical (unpaired) electrons. The lowest BCUT2D eigenvalue weighted by atomic mass is 10.2. The third-order valence-electron chi connectivity index (χ3n) is 3.08. The van der Waals surface area contributed by atoms with Crippen molar-refractivity contribution in [1.82, 2.24) is 9.55 Å². The number of aryl methyl sites for hydroxylation is 1. The number of halogens is 2. The molecule has 2 nitrogen and oxygen atoms in total. The van der Waals surface area contributed by atoms with Crippen LogP contribution < -0.4 is 0 Å². The van der Waals surface area contributed by atoms with Crippen molar-refractivity contribution in [3.8, 4) is 5.69 Å². The van der Waals surface area contributed by atoms with E-state index in [1.165, 1.54) is 12.1 Å². The molecule has 19 heavy (non-hydrogen) atoms. The molecule has 3 aromatic rings. The number of benzene rings is 2. The Morgan fingerprint density at radius 3 is 2.79 bits per heavy atom. The summed E-state index contributed by atoms with van der Waals surface area (Å²) >= 11 is 11.5. The molecule has 0 saturated heterocycles. The maximum Gasteiger partial charge on any atom is 0.182 e. The SMILES string of the molecule is Cc1cccc2c1[nH]c(=S)n2-c1ccc(F)cc1Cl. The fraction of sp³-hybridized carbons (Fsp3) is 0.0714. The van der Waals surface area contributed by atoms with Crippen LogP contribution in [0.4, 0.5) is 4.39 Å². The second-order valence-corrected chi connectivity index (χ2v) is 5.12. The minimum atomic E-state index is -0.365. The third-order valence-corrected chi connectivity index (χ3v) is 3.66. The van der Waals surface area contributed by atoms with Gasteiger partial charge in [-0.2, -0.15) is 0 Å². The number of para-hydroxylation sites is 1. The van der Waals surface area contributed by atoms with E-state index in [9.17, 15) is 4.39 Å². The second-order valence-electron chi connectivity index (χ2n) is 4.33. The van der Waals surface area contributed by atoms with Gasteiger partial charge in [0.05, 0.1) is 21.7 Å². The van der Waals surface area contributed by atoms with Gasteiger partial charge in [-0.15, -0.1) is 0 Å². The van der Waals surface area contributed by atoms with Gasteiger partial charge in [0.15, 0.2) is 4.77 Å². The number of nitrogens with zero attached hydrogens (tertiary/aromatic N) is 1. The fourth-order valence-electron chi connectivity index (χ4n) is 2.18. The van der Waals surface area contributed by atoms with Crippen LogP contribution in [-0.4, -0.2) is 9.55 Å². The van der Waals surface area contributed by atoms with E-state index in [0.29, 0.717) is 15.5 Å². The van der Waals surface area contributed by atoms with Gasteiger partial charge in [-0.05, 0) is 49.0 Å². The molecule has 0 spiro atoms. The lowest BCUT2D eigenvalue weighted by molar-refractivity contribution is 0.627. The summed E-state index contributed by atoms with van der Waals surface area (Å²) in [5.41, 5.74) is 3.66. The van der Waals surface area contributed by atoms with Gasteiger partial charge in [0.2, 0.25) is 0 Å². The number of nitrogens with one attached hydrogen (secondary N) is 1. The molecule has 2 aromatic carbocycles. The molecule has 0 fully saturated rings.